The molecule has 0 bridgehead atoms. The lowest BCUT2D eigenvalue weighted by atomic mass is 9.99. The molecule has 0 saturated heterocycles. The quantitative estimate of drug-likeness (QED) is 0.276. The van der Waals surface area contributed by atoms with Crippen LogP contribution in [0, 0.1) is 0 Å². The Hall–Kier alpha value is -3.38. The second-order valence-corrected chi connectivity index (χ2v) is 6.93. The van der Waals surface area contributed by atoms with Gasteiger partial charge in [0.05, 0.1) is 0 Å². The molecular formula is C26H16-2. The van der Waals surface area contributed by atoms with Crippen molar-refractivity contribution in [3.05, 3.63) is 97.1 Å². The van der Waals surface area contributed by atoms with Gasteiger partial charge in [0.25, 0.3) is 0 Å². The van der Waals surface area contributed by atoms with Gasteiger partial charge in [0, 0.05) is 0 Å². The first kappa shape index (κ1) is 13.9. The van der Waals surface area contributed by atoms with Crippen molar-refractivity contribution in [3.8, 4) is 11.1 Å². The van der Waals surface area contributed by atoms with Gasteiger partial charge in [-0.1, -0.05) is 72.8 Å². The van der Waals surface area contributed by atoms with Gasteiger partial charge in [-0.3, -0.25) is 0 Å². The molecule has 122 valence electrons. The van der Waals surface area contributed by atoms with Gasteiger partial charge in [0.2, 0.25) is 0 Å². The predicted molar refractivity (Wildman–Crippen MR) is 113 cm³/mol. The highest BCUT2D eigenvalue weighted by Gasteiger charge is 2.08. The summed E-state index contributed by atoms with van der Waals surface area (Å²) in [5.41, 5.74) is 2.74. The average Bonchev–Trinajstić information content (AvgIpc) is 3.21. The van der Waals surface area contributed by atoms with Gasteiger partial charge in [0.15, 0.2) is 0 Å². The molecule has 0 aliphatic rings. The van der Waals surface area contributed by atoms with E-state index in [1.165, 1.54) is 54.2 Å². The molecule has 0 aliphatic carbocycles. The largest absolute Gasteiger partial charge is 0.141 e. The van der Waals surface area contributed by atoms with Gasteiger partial charge in [-0.15, -0.1) is 78.5 Å². The van der Waals surface area contributed by atoms with Crippen LogP contribution in [-0.4, -0.2) is 0 Å². The van der Waals surface area contributed by atoms with Crippen LogP contribution >= 0.6 is 0 Å². The highest BCUT2D eigenvalue weighted by Crippen LogP contribution is 2.47. The first-order valence-corrected chi connectivity index (χ1v) is 9.06. The van der Waals surface area contributed by atoms with E-state index in [1.54, 1.807) is 0 Å². The number of rotatable bonds is 1. The minimum atomic E-state index is 1.34. The van der Waals surface area contributed by atoms with Gasteiger partial charge in [-0.2, -0.15) is 0 Å². The zero-order chi connectivity index (χ0) is 17.1. The zero-order valence-electron chi connectivity index (χ0n) is 14.2. The van der Waals surface area contributed by atoms with E-state index >= 15 is 0 Å². The van der Waals surface area contributed by atoms with Crippen molar-refractivity contribution < 1.29 is 0 Å². The molecular weight excluding hydrogens is 312 g/mol. The van der Waals surface area contributed by atoms with Crippen LogP contribution in [0.15, 0.2) is 97.1 Å². The maximum absolute atomic E-state index is 2.27. The molecule has 0 N–H and O–H groups in total. The summed E-state index contributed by atoms with van der Waals surface area (Å²) in [5.74, 6) is 0. The van der Waals surface area contributed by atoms with E-state index in [0.29, 0.717) is 0 Å². The van der Waals surface area contributed by atoms with Crippen LogP contribution in [0.5, 0.6) is 0 Å². The van der Waals surface area contributed by atoms with Gasteiger partial charge < -0.3 is 0 Å². The highest BCUT2D eigenvalue weighted by molar-refractivity contribution is 6.32. The molecule has 0 aromatic heterocycles. The average molecular weight is 328 g/mol. The van der Waals surface area contributed by atoms with Gasteiger partial charge in [-0.05, 0) is 0 Å². The summed E-state index contributed by atoms with van der Waals surface area (Å²) in [5, 5.41) is 10.7. The molecule has 0 amide bonds. The molecule has 0 radical (unpaired) electrons. The Labute approximate surface area is 151 Å². The summed E-state index contributed by atoms with van der Waals surface area (Å²) in [4.78, 5) is 0. The van der Waals surface area contributed by atoms with Crippen LogP contribution in [0.4, 0.5) is 0 Å². The molecule has 0 heteroatoms. The van der Waals surface area contributed by atoms with Crippen LogP contribution in [0.1, 0.15) is 0 Å². The van der Waals surface area contributed by atoms with Crippen LogP contribution < -0.4 is 0 Å². The zero-order valence-corrected chi connectivity index (χ0v) is 14.2. The van der Waals surface area contributed by atoms with E-state index in [0.717, 1.165) is 0 Å². The van der Waals surface area contributed by atoms with Crippen molar-refractivity contribution in [3.63, 3.8) is 0 Å². The van der Waals surface area contributed by atoms with E-state index in [4.69, 9.17) is 0 Å². The molecule has 0 saturated carbocycles. The lowest BCUT2D eigenvalue weighted by Crippen LogP contribution is -1.76. The van der Waals surface area contributed by atoms with E-state index in [9.17, 15) is 0 Å². The Kier molecular flexibility index (Phi) is 2.70. The molecule has 6 rings (SSSR count). The van der Waals surface area contributed by atoms with E-state index in [1.807, 2.05) is 0 Å². The Balaban J connectivity index is 1.93. The van der Waals surface area contributed by atoms with Gasteiger partial charge in [-0.25, -0.2) is 0 Å². The Morgan fingerprint density at radius 2 is 0.538 bits per heavy atom. The SMILES string of the molecule is c1ccc2c(c1)c1ccccc1[c-]2-[c-]1c2ccccc2c2ccccc21. The molecule has 0 unspecified atom stereocenters. The Bertz CT molecular complexity index is 1200. The fraction of sp³-hybridized carbons (Fsp3) is 0. The van der Waals surface area contributed by atoms with Gasteiger partial charge >= 0.3 is 0 Å². The molecule has 0 nitrogen and oxygen atoms in total. The summed E-state index contributed by atoms with van der Waals surface area (Å²) < 4.78 is 0. The number of benzene rings is 4. The van der Waals surface area contributed by atoms with Crippen LogP contribution in [0.25, 0.3) is 54.2 Å². The second-order valence-electron chi connectivity index (χ2n) is 6.93. The first-order chi connectivity index (χ1) is 12.9. The van der Waals surface area contributed by atoms with Crippen molar-refractivity contribution in [1.29, 1.82) is 0 Å². The predicted octanol–water partition coefficient (Wildman–Crippen LogP) is 7.40. The number of fused-ring (bicyclic) bond motifs is 6. The summed E-state index contributed by atoms with van der Waals surface area (Å²) in [6.07, 6.45) is 0. The van der Waals surface area contributed by atoms with E-state index in [-0.39, 0.29) is 0 Å². The second kappa shape index (κ2) is 5.06. The standard InChI is InChI=1S/C26H16/c1-5-13-21-17(9-1)18-10-2-6-14-22(18)25(21)26-23-15-7-3-11-19(23)20-12-4-8-16-24(20)26/h1-16H/q-2. The normalized spacial score (nSPS) is 11.8. The summed E-state index contributed by atoms with van der Waals surface area (Å²) in [7, 11) is 0. The minimum absolute atomic E-state index is 1.34. The van der Waals surface area contributed by atoms with Crippen LogP contribution in [0.3, 0.4) is 0 Å². The maximum atomic E-state index is 2.27. The Morgan fingerprint density at radius 1 is 0.308 bits per heavy atom. The molecule has 6 aromatic rings. The van der Waals surface area contributed by atoms with Crippen LogP contribution in [0.2, 0.25) is 0 Å². The fourth-order valence-electron chi connectivity index (χ4n) is 4.57. The van der Waals surface area contributed by atoms with Gasteiger partial charge in [0.1, 0.15) is 0 Å². The molecule has 26 heavy (non-hydrogen) atoms. The van der Waals surface area contributed by atoms with E-state index < -0.39 is 0 Å². The molecule has 0 spiro atoms. The third-order valence-corrected chi connectivity index (χ3v) is 5.62. The fourth-order valence-corrected chi connectivity index (χ4v) is 4.57. The summed E-state index contributed by atoms with van der Waals surface area (Å²) >= 11 is 0. The van der Waals surface area contributed by atoms with Crippen molar-refractivity contribution in [2.24, 2.45) is 0 Å². The third-order valence-electron chi connectivity index (χ3n) is 5.62. The molecule has 0 fully saturated rings. The third kappa shape index (κ3) is 1.69. The molecule has 6 aromatic carbocycles. The van der Waals surface area contributed by atoms with Crippen LogP contribution in [-0.2, 0) is 0 Å². The van der Waals surface area contributed by atoms with E-state index in [2.05, 4.69) is 97.1 Å². The summed E-state index contributed by atoms with van der Waals surface area (Å²) in [6, 6.07) is 35.2. The van der Waals surface area contributed by atoms with Crippen molar-refractivity contribution in [1.82, 2.24) is 0 Å². The smallest absolute Gasteiger partial charge is 0.0737 e. The minimum Gasteiger partial charge on any atom is -0.141 e. The monoisotopic (exact) mass is 328 g/mol. The number of hydrogen-bond donors (Lipinski definition) is 0. The molecule has 0 heterocycles. The maximum Gasteiger partial charge on any atom is -0.0737 e. The van der Waals surface area contributed by atoms with Crippen molar-refractivity contribution in [2.75, 3.05) is 0 Å². The number of hydrogen-bond acceptors (Lipinski definition) is 0. The summed E-state index contributed by atoms with van der Waals surface area (Å²) in [6.45, 7) is 0. The lowest BCUT2D eigenvalue weighted by Gasteiger charge is -2.15. The molecule has 0 aliphatic heterocycles. The topological polar surface area (TPSA) is 0 Å². The Morgan fingerprint density at radius 3 is 0.808 bits per heavy atom. The van der Waals surface area contributed by atoms with Crippen molar-refractivity contribution in [2.45, 2.75) is 0 Å². The highest BCUT2D eigenvalue weighted by atomic mass is 14.2. The first-order valence-electron chi connectivity index (χ1n) is 9.06. The van der Waals surface area contributed by atoms with Crippen molar-refractivity contribution >= 4 is 43.1 Å². The lowest BCUT2D eigenvalue weighted by molar-refractivity contribution is 1.82. The molecule has 0 atom stereocenters.